The molecule has 2 nitrogen and oxygen atoms in total. The zero-order chi connectivity index (χ0) is 11.9. The van der Waals surface area contributed by atoms with E-state index in [0.717, 1.165) is 18.9 Å². The van der Waals surface area contributed by atoms with Crippen LogP contribution in [0.25, 0.3) is 0 Å². The molecular formula is C15H24N2. The van der Waals surface area contributed by atoms with Crippen molar-refractivity contribution < 1.29 is 0 Å². The van der Waals surface area contributed by atoms with Gasteiger partial charge in [-0.2, -0.15) is 0 Å². The van der Waals surface area contributed by atoms with Crippen LogP contribution < -0.4 is 11.1 Å². The zero-order valence-electron chi connectivity index (χ0n) is 10.6. The van der Waals surface area contributed by atoms with Crippen molar-refractivity contribution >= 4 is 0 Å². The van der Waals surface area contributed by atoms with Gasteiger partial charge in [-0.3, -0.25) is 0 Å². The lowest BCUT2D eigenvalue weighted by Crippen LogP contribution is -2.23. The van der Waals surface area contributed by atoms with Crippen LogP contribution in [0.5, 0.6) is 0 Å². The summed E-state index contributed by atoms with van der Waals surface area (Å²) >= 11 is 0. The molecule has 0 unspecified atom stereocenters. The molecule has 1 aromatic rings. The largest absolute Gasteiger partial charge is 0.326 e. The van der Waals surface area contributed by atoms with Crippen molar-refractivity contribution in [2.45, 2.75) is 38.6 Å². The number of benzene rings is 1. The van der Waals surface area contributed by atoms with E-state index in [9.17, 15) is 0 Å². The molecule has 2 heteroatoms. The standard InChI is InChI=1S/C15H24N2/c16-12-15-7-2-1-6-14(15)9-11-17-10-8-13-4-3-5-13/h1-2,6-7,13,17H,3-5,8-12,16H2. The molecule has 0 radical (unpaired) electrons. The fourth-order valence-electron chi connectivity index (χ4n) is 2.44. The molecule has 1 saturated carbocycles. The van der Waals surface area contributed by atoms with Gasteiger partial charge < -0.3 is 11.1 Å². The van der Waals surface area contributed by atoms with Gasteiger partial charge in [0.2, 0.25) is 0 Å². The fourth-order valence-corrected chi connectivity index (χ4v) is 2.44. The number of rotatable bonds is 7. The van der Waals surface area contributed by atoms with E-state index < -0.39 is 0 Å². The summed E-state index contributed by atoms with van der Waals surface area (Å²) in [6, 6.07) is 8.48. The zero-order valence-corrected chi connectivity index (χ0v) is 10.6. The van der Waals surface area contributed by atoms with Crippen molar-refractivity contribution in [3.63, 3.8) is 0 Å². The molecule has 0 saturated heterocycles. The quantitative estimate of drug-likeness (QED) is 0.709. The minimum atomic E-state index is 0.651. The van der Waals surface area contributed by atoms with E-state index in [0.29, 0.717) is 6.54 Å². The average molecular weight is 232 g/mol. The van der Waals surface area contributed by atoms with Gasteiger partial charge in [0.15, 0.2) is 0 Å². The van der Waals surface area contributed by atoms with Crippen LogP contribution in [0.4, 0.5) is 0 Å². The topological polar surface area (TPSA) is 38.0 Å². The van der Waals surface area contributed by atoms with Gasteiger partial charge in [0.05, 0.1) is 0 Å². The van der Waals surface area contributed by atoms with Crippen LogP contribution in [0.1, 0.15) is 36.8 Å². The molecule has 0 heterocycles. The second kappa shape index (κ2) is 6.77. The number of nitrogens with two attached hydrogens (primary N) is 1. The summed E-state index contributed by atoms with van der Waals surface area (Å²) in [5, 5.41) is 3.54. The predicted octanol–water partition coefficient (Wildman–Crippen LogP) is 2.47. The smallest absolute Gasteiger partial charge is 0.0180 e. The first-order valence-electron chi connectivity index (χ1n) is 6.87. The predicted molar refractivity (Wildman–Crippen MR) is 72.9 cm³/mol. The van der Waals surface area contributed by atoms with E-state index in [1.165, 1.54) is 43.4 Å². The average Bonchev–Trinajstić information content (AvgIpc) is 2.32. The molecule has 0 aromatic heterocycles. The summed E-state index contributed by atoms with van der Waals surface area (Å²) in [4.78, 5) is 0. The Bertz CT molecular complexity index is 331. The van der Waals surface area contributed by atoms with Crippen molar-refractivity contribution in [3.05, 3.63) is 35.4 Å². The summed E-state index contributed by atoms with van der Waals surface area (Å²) in [5.41, 5.74) is 8.41. The molecule has 3 N–H and O–H groups in total. The van der Waals surface area contributed by atoms with Crippen LogP contribution in [-0.2, 0) is 13.0 Å². The van der Waals surface area contributed by atoms with Crippen LogP contribution >= 0.6 is 0 Å². The Balaban J connectivity index is 1.63. The molecule has 1 aliphatic carbocycles. The van der Waals surface area contributed by atoms with Gasteiger partial charge in [0.25, 0.3) is 0 Å². The summed E-state index contributed by atoms with van der Waals surface area (Å²) < 4.78 is 0. The van der Waals surface area contributed by atoms with Gasteiger partial charge in [-0.05, 0) is 43.0 Å². The Kier molecular flexibility index (Phi) is 5.02. The number of hydrogen-bond donors (Lipinski definition) is 2. The Hall–Kier alpha value is -0.860. The molecule has 2 rings (SSSR count). The van der Waals surface area contributed by atoms with Crippen LogP contribution in [0, 0.1) is 5.92 Å². The van der Waals surface area contributed by atoms with Crippen LogP contribution in [0.15, 0.2) is 24.3 Å². The normalized spacial score (nSPS) is 15.8. The van der Waals surface area contributed by atoms with Gasteiger partial charge in [-0.25, -0.2) is 0 Å². The lowest BCUT2D eigenvalue weighted by atomic mass is 9.83. The van der Waals surface area contributed by atoms with E-state index in [4.69, 9.17) is 5.73 Å². The van der Waals surface area contributed by atoms with E-state index >= 15 is 0 Å². The number of hydrogen-bond acceptors (Lipinski definition) is 2. The first-order chi connectivity index (χ1) is 8.40. The molecule has 0 atom stereocenters. The Labute approximate surface area is 105 Å². The minimum Gasteiger partial charge on any atom is -0.326 e. The summed E-state index contributed by atoms with van der Waals surface area (Å²) in [5.74, 6) is 1.01. The lowest BCUT2D eigenvalue weighted by Gasteiger charge is -2.25. The molecule has 0 amide bonds. The highest BCUT2D eigenvalue weighted by atomic mass is 14.8. The van der Waals surface area contributed by atoms with Gasteiger partial charge in [-0.1, -0.05) is 43.5 Å². The molecule has 0 bridgehead atoms. The van der Waals surface area contributed by atoms with E-state index in [1.54, 1.807) is 0 Å². The molecule has 17 heavy (non-hydrogen) atoms. The third kappa shape index (κ3) is 3.83. The molecule has 1 aromatic carbocycles. The van der Waals surface area contributed by atoms with E-state index in [2.05, 4.69) is 29.6 Å². The highest BCUT2D eigenvalue weighted by molar-refractivity contribution is 5.27. The highest BCUT2D eigenvalue weighted by Crippen LogP contribution is 2.28. The monoisotopic (exact) mass is 232 g/mol. The van der Waals surface area contributed by atoms with E-state index in [-0.39, 0.29) is 0 Å². The summed E-state index contributed by atoms with van der Waals surface area (Å²) in [6.07, 6.45) is 6.82. The molecule has 1 aliphatic rings. The molecule has 0 aliphatic heterocycles. The summed E-state index contributed by atoms with van der Waals surface area (Å²) in [6.45, 7) is 2.90. The maximum atomic E-state index is 5.73. The maximum absolute atomic E-state index is 5.73. The Morgan fingerprint density at radius 2 is 1.88 bits per heavy atom. The maximum Gasteiger partial charge on any atom is 0.0180 e. The van der Waals surface area contributed by atoms with Crippen LogP contribution in [-0.4, -0.2) is 13.1 Å². The second-order valence-electron chi connectivity index (χ2n) is 5.06. The van der Waals surface area contributed by atoms with Crippen molar-refractivity contribution in [3.8, 4) is 0 Å². The molecule has 1 fully saturated rings. The first-order valence-corrected chi connectivity index (χ1v) is 6.87. The Morgan fingerprint density at radius 3 is 2.53 bits per heavy atom. The Morgan fingerprint density at radius 1 is 1.12 bits per heavy atom. The van der Waals surface area contributed by atoms with Gasteiger partial charge in [0, 0.05) is 6.54 Å². The van der Waals surface area contributed by atoms with Crippen LogP contribution in [0.3, 0.4) is 0 Å². The molecule has 0 spiro atoms. The molecular weight excluding hydrogens is 208 g/mol. The van der Waals surface area contributed by atoms with Crippen molar-refractivity contribution in [1.29, 1.82) is 0 Å². The fraction of sp³-hybridized carbons (Fsp3) is 0.600. The molecule has 94 valence electrons. The van der Waals surface area contributed by atoms with Gasteiger partial charge in [-0.15, -0.1) is 0 Å². The SMILES string of the molecule is NCc1ccccc1CCNCCC1CCC1. The third-order valence-electron chi connectivity index (χ3n) is 3.86. The van der Waals surface area contributed by atoms with Crippen molar-refractivity contribution in [1.82, 2.24) is 5.32 Å². The van der Waals surface area contributed by atoms with Crippen molar-refractivity contribution in [2.24, 2.45) is 11.7 Å². The van der Waals surface area contributed by atoms with Gasteiger partial charge in [0.1, 0.15) is 0 Å². The number of nitrogens with one attached hydrogen (secondary N) is 1. The summed E-state index contributed by atoms with van der Waals surface area (Å²) in [7, 11) is 0. The first kappa shape index (κ1) is 12.6. The van der Waals surface area contributed by atoms with Crippen LogP contribution in [0.2, 0.25) is 0 Å². The minimum absolute atomic E-state index is 0.651. The van der Waals surface area contributed by atoms with E-state index in [1.807, 2.05) is 0 Å². The third-order valence-corrected chi connectivity index (χ3v) is 3.86. The second-order valence-corrected chi connectivity index (χ2v) is 5.06. The van der Waals surface area contributed by atoms with Crippen molar-refractivity contribution in [2.75, 3.05) is 13.1 Å². The lowest BCUT2D eigenvalue weighted by molar-refractivity contribution is 0.292. The highest BCUT2D eigenvalue weighted by Gasteiger charge is 2.15. The van der Waals surface area contributed by atoms with Gasteiger partial charge >= 0.3 is 0 Å².